The molecule has 1 N–H and O–H groups in total. The zero-order chi connectivity index (χ0) is 14.4. The fourth-order valence-corrected chi connectivity index (χ4v) is 3.39. The average molecular weight is 281 g/mol. The molecule has 2 saturated heterocycles. The van der Waals surface area contributed by atoms with Gasteiger partial charge in [0, 0.05) is 38.3 Å². The summed E-state index contributed by atoms with van der Waals surface area (Å²) in [5, 5.41) is 3.60. The van der Waals surface area contributed by atoms with Crippen molar-refractivity contribution in [2.75, 3.05) is 32.7 Å². The largest absolute Gasteiger partial charge is 0.342 e. The summed E-state index contributed by atoms with van der Waals surface area (Å²) in [6.45, 7) is 9.06. The van der Waals surface area contributed by atoms with E-state index in [0.29, 0.717) is 24.5 Å². The topological polar surface area (TPSA) is 35.6 Å². The van der Waals surface area contributed by atoms with Gasteiger partial charge in [0.1, 0.15) is 0 Å². The van der Waals surface area contributed by atoms with Gasteiger partial charge in [0.25, 0.3) is 0 Å². The number of amides is 1. The van der Waals surface area contributed by atoms with Crippen LogP contribution < -0.4 is 5.32 Å². The van der Waals surface area contributed by atoms with Gasteiger partial charge in [-0.25, -0.2) is 0 Å². The normalized spacial score (nSPS) is 29.2. The van der Waals surface area contributed by atoms with Gasteiger partial charge < -0.3 is 10.2 Å². The van der Waals surface area contributed by atoms with E-state index in [-0.39, 0.29) is 0 Å². The highest BCUT2D eigenvalue weighted by atomic mass is 16.2. The summed E-state index contributed by atoms with van der Waals surface area (Å²) in [5.41, 5.74) is 0. The predicted octanol–water partition coefficient (Wildman–Crippen LogP) is 1.85. The molecule has 0 aromatic heterocycles. The summed E-state index contributed by atoms with van der Waals surface area (Å²) in [5.74, 6) is 0.349. The van der Waals surface area contributed by atoms with Crippen LogP contribution in [0, 0.1) is 0 Å². The minimum absolute atomic E-state index is 0.349. The van der Waals surface area contributed by atoms with Crippen molar-refractivity contribution in [3.63, 3.8) is 0 Å². The van der Waals surface area contributed by atoms with Gasteiger partial charge in [-0.1, -0.05) is 26.7 Å². The van der Waals surface area contributed by atoms with Crippen molar-refractivity contribution in [1.29, 1.82) is 0 Å². The Labute approximate surface area is 123 Å². The number of hydrogen-bond donors (Lipinski definition) is 1. The zero-order valence-electron chi connectivity index (χ0n) is 13.2. The lowest BCUT2D eigenvalue weighted by atomic mass is 10.1. The van der Waals surface area contributed by atoms with E-state index >= 15 is 0 Å². The van der Waals surface area contributed by atoms with Gasteiger partial charge in [-0.05, 0) is 25.7 Å². The molecule has 2 heterocycles. The van der Waals surface area contributed by atoms with Crippen molar-refractivity contribution in [2.45, 2.75) is 64.5 Å². The number of nitrogens with zero attached hydrogens (tertiary/aromatic N) is 2. The van der Waals surface area contributed by atoms with Crippen molar-refractivity contribution >= 4 is 5.91 Å². The Morgan fingerprint density at radius 2 is 1.80 bits per heavy atom. The van der Waals surface area contributed by atoms with Crippen LogP contribution in [0.25, 0.3) is 0 Å². The number of rotatable bonds is 4. The van der Waals surface area contributed by atoms with Gasteiger partial charge in [0.15, 0.2) is 0 Å². The summed E-state index contributed by atoms with van der Waals surface area (Å²) in [6, 6.07) is 1.07. The van der Waals surface area contributed by atoms with E-state index in [4.69, 9.17) is 0 Å². The Hall–Kier alpha value is -0.610. The third-order valence-corrected chi connectivity index (χ3v) is 4.87. The first-order valence-electron chi connectivity index (χ1n) is 8.49. The highest BCUT2D eigenvalue weighted by Gasteiger charge is 2.28. The standard InChI is InChI=1S/C16H31N3O/c1-3-14-12-19(15(4-2)11-17-14)13-16(20)18-9-7-5-6-8-10-18/h14-15,17H,3-13H2,1-2H3. The number of carbonyl (C=O) groups is 1. The maximum Gasteiger partial charge on any atom is 0.236 e. The molecule has 0 saturated carbocycles. The van der Waals surface area contributed by atoms with E-state index in [1.807, 2.05) is 0 Å². The van der Waals surface area contributed by atoms with E-state index in [1.54, 1.807) is 0 Å². The second-order valence-electron chi connectivity index (χ2n) is 6.30. The molecule has 2 rings (SSSR count). The van der Waals surface area contributed by atoms with Crippen LogP contribution in [-0.4, -0.2) is 60.5 Å². The number of carbonyl (C=O) groups excluding carboxylic acids is 1. The van der Waals surface area contributed by atoms with Crippen molar-refractivity contribution in [1.82, 2.24) is 15.1 Å². The minimum Gasteiger partial charge on any atom is -0.342 e. The molecule has 1 amide bonds. The molecule has 0 spiro atoms. The first-order chi connectivity index (χ1) is 9.74. The van der Waals surface area contributed by atoms with Gasteiger partial charge in [-0.3, -0.25) is 9.69 Å². The van der Waals surface area contributed by atoms with Gasteiger partial charge in [-0.2, -0.15) is 0 Å². The quantitative estimate of drug-likeness (QED) is 0.854. The highest BCUT2D eigenvalue weighted by molar-refractivity contribution is 5.78. The van der Waals surface area contributed by atoms with Crippen molar-refractivity contribution in [2.24, 2.45) is 0 Å². The molecule has 2 fully saturated rings. The van der Waals surface area contributed by atoms with Crippen LogP contribution in [0.2, 0.25) is 0 Å². The molecule has 2 atom stereocenters. The third-order valence-electron chi connectivity index (χ3n) is 4.87. The lowest BCUT2D eigenvalue weighted by Gasteiger charge is -2.40. The van der Waals surface area contributed by atoms with Gasteiger partial charge in [0.05, 0.1) is 6.54 Å². The lowest BCUT2D eigenvalue weighted by Crippen LogP contribution is -2.58. The van der Waals surface area contributed by atoms with E-state index in [2.05, 4.69) is 29.0 Å². The average Bonchev–Trinajstić information content (AvgIpc) is 2.76. The van der Waals surface area contributed by atoms with E-state index in [0.717, 1.165) is 39.0 Å². The zero-order valence-corrected chi connectivity index (χ0v) is 13.2. The van der Waals surface area contributed by atoms with Crippen LogP contribution in [-0.2, 0) is 4.79 Å². The Bertz CT molecular complexity index is 300. The first-order valence-corrected chi connectivity index (χ1v) is 8.49. The third kappa shape index (κ3) is 4.19. The lowest BCUT2D eigenvalue weighted by molar-refractivity contribution is -0.133. The highest BCUT2D eigenvalue weighted by Crippen LogP contribution is 2.14. The second-order valence-corrected chi connectivity index (χ2v) is 6.30. The molecule has 2 aliphatic rings. The molecular weight excluding hydrogens is 250 g/mol. The summed E-state index contributed by atoms with van der Waals surface area (Å²) in [6.07, 6.45) is 7.20. The van der Waals surface area contributed by atoms with E-state index < -0.39 is 0 Å². The second kappa shape index (κ2) is 7.99. The molecule has 2 unspecified atom stereocenters. The maximum absolute atomic E-state index is 12.5. The Morgan fingerprint density at radius 1 is 1.10 bits per heavy atom. The number of hydrogen-bond acceptors (Lipinski definition) is 3. The monoisotopic (exact) mass is 281 g/mol. The molecule has 0 aliphatic carbocycles. The van der Waals surface area contributed by atoms with Crippen LogP contribution in [0.4, 0.5) is 0 Å². The first kappa shape index (κ1) is 15.8. The van der Waals surface area contributed by atoms with Crippen LogP contribution in [0.15, 0.2) is 0 Å². The summed E-state index contributed by atoms with van der Waals surface area (Å²) < 4.78 is 0. The van der Waals surface area contributed by atoms with Crippen molar-refractivity contribution in [3.8, 4) is 0 Å². The van der Waals surface area contributed by atoms with E-state index in [9.17, 15) is 4.79 Å². The molecule has 4 heteroatoms. The maximum atomic E-state index is 12.5. The van der Waals surface area contributed by atoms with Crippen molar-refractivity contribution < 1.29 is 4.79 Å². The summed E-state index contributed by atoms with van der Waals surface area (Å²) in [4.78, 5) is 17.1. The van der Waals surface area contributed by atoms with E-state index in [1.165, 1.54) is 25.7 Å². The molecule has 2 aliphatic heterocycles. The predicted molar refractivity (Wildman–Crippen MR) is 82.8 cm³/mol. The van der Waals surface area contributed by atoms with Crippen LogP contribution in [0.5, 0.6) is 0 Å². The molecule has 116 valence electrons. The summed E-state index contributed by atoms with van der Waals surface area (Å²) in [7, 11) is 0. The molecule has 4 nitrogen and oxygen atoms in total. The molecule has 0 aromatic rings. The molecule has 0 radical (unpaired) electrons. The molecule has 0 aromatic carbocycles. The van der Waals surface area contributed by atoms with Gasteiger partial charge in [0.2, 0.25) is 5.91 Å². The Kier molecular flexibility index (Phi) is 6.30. The SMILES string of the molecule is CCC1CN(CC(=O)N2CCCCCC2)C(CC)CN1. The minimum atomic E-state index is 0.349. The molecular formula is C16H31N3O. The van der Waals surface area contributed by atoms with Crippen molar-refractivity contribution in [3.05, 3.63) is 0 Å². The van der Waals surface area contributed by atoms with Crippen LogP contribution in [0.3, 0.4) is 0 Å². The molecule has 20 heavy (non-hydrogen) atoms. The fourth-order valence-electron chi connectivity index (χ4n) is 3.39. The number of nitrogens with one attached hydrogen (secondary N) is 1. The van der Waals surface area contributed by atoms with Gasteiger partial charge in [-0.15, -0.1) is 0 Å². The van der Waals surface area contributed by atoms with Crippen LogP contribution >= 0.6 is 0 Å². The number of piperazine rings is 1. The molecule has 0 bridgehead atoms. The fraction of sp³-hybridized carbons (Fsp3) is 0.938. The van der Waals surface area contributed by atoms with Crippen LogP contribution in [0.1, 0.15) is 52.4 Å². The Morgan fingerprint density at radius 3 is 2.40 bits per heavy atom. The van der Waals surface area contributed by atoms with Gasteiger partial charge >= 0.3 is 0 Å². The smallest absolute Gasteiger partial charge is 0.236 e. The number of likely N-dealkylation sites (tertiary alicyclic amines) is 1. The Balaban J connectivity index is 1.89. The summed E-state index contributed by atoms with van der Waals surface area (Å²) >= 11 is 0.